The standard InChI is InChI=1S/C11H17BrFN3/c1-15(2)4-5-16(3)11-7-9(13)8(12)6-10(11)14/h6-7H,4-5,14H2,1-3H3. The predicted octanol–water partition coefficient (Wildman–Crippen LogP) is 2.17. The summed E-state index contributed by atoms with van der Waals surface area (Å²) in [4.78, 5) is 4.02. The minimum Gasteiger partial charge on any atom is -0.397 e. The van der Waals surface area contributed by atoms with Crippen molar-refractivity contribution in [3.8, 4) is 0 Å². The van der Waals surface area contributed by atoms with Crippen LogP contribution in [-0.2, 0) is 0 Å². The largest absolute Gasteiger partial charge is 0.397 e. The molecule has 5 heteroatoms. The summed E-state index contributed by atoms with van der Waals surface area (Å²) in [6.07, 6.45) is 0. The fraction of sp³-hybridized carbons (Fsp3) is 0.455. The van der Waals surface area contributed by atoms with Gasteiger partial charge < -0.3 is 15.5 Å². The molecule has 1 aromatic carbocycles. The third-order valence-corrected chi connectivity index (χ3v) is 2.97. The zero-order chi connectivity index (χ0) is 12.3. The summed E-state index contributed by atoms with van der Waals surface area (Å²) >= 11 is 3.11. The van der Waals surface area contributed by atoms with Crippen molar-refractivity contribution in [3.05, 3.63) is 22.4 Å². The number of nitrogen functional groups attached to an aromatic ring is 1. The normalized spacial score (nSPS) is 10.9. The molecule has 0 saturated heterocycles. The van der Waals surface area contributed by atoms with Crippen molar-refractivity contribution in [3.63, 3.8) is 0 Å². The van der Waals surface area contributed by atoms with E-state index in [1.54, 1.807) is 6.07 Å². The minimum atomic E-state index is -0.291. The molecule has 0 aliphatic heterocycles. The van der Waals surface area contributed by atoms with Gasteiger partial charge in [0, 0.05) is 26.2 Å². The average molecular weight is 290 g/mol. The molecule has 0 saturated carbocycles. The van der Waals surface area contributed by atoms with Gasteiger partial charge in [0.05, 0.1) is 15.8 Å². The Kier molecular flexibility index (Phi) is 4.56. The van der Waals surface area contributed by atoms with Crippen molar-refractivity contribution in [2.75, 3.05) is 44.9 Å². The maximum absolute atomic E-state index is 13.4. The molecular weight excluding hydrogens is 273 g/mol. The molecule has 0 unspecified atom stereocenters. The van der Waals surface area contributed by atoms with Crippen molar-refractivity contribution < 1.29 is 4.39 Å². The molecule has 1 aromatic rings. The van der Waals surface area contributed by atoms with Crippen LogP contribution in [0.3, 0.4) is 0 Å². The first-order valence-electron chi connectivity index (χ1n) is 5.02. The Balaban J connectivity index is 2.82. The fourth-order valence-corrected chi connectivity index (χ4v) is 1.71. The monoisotopic (exact) mass is 289 g/mol. The quantitative estimate of drug-likeness (QED) is 0.863. The van der Waals surface area contributed by atoms with E-state index in [-0.39, 0.29) is 5.82 Å². The van der Waals surface area contributed by atoms with Gasteiger partial charge in [0.15, 0.2) is 0 Å². The average Bonchev–Trinajstić information content (AvgIpc) is 2.20. The second kappa shape index (κ2) is 5.50. The van der Waals surface area contributed by atoms with E-state index in [9.17, 15) is 4.39 Å². The van der Waals surface area contributed by atoms with Gasteiger partial charge in [-0.1, -0.05) is 0 Å². The highest BCUT2D eigenvalue weighted by atomic mass is 79.9. The van der Waals surface area contributed by atoms with E-state index in [0.717, 1.165) is 18.8 Å². The van der Waals surface area contributed by atoms with Crippen LogP contribution in [0.4, 0.5) is 15.8 Å². The highest BCUT2D eigenvalue weighted by molar-refractivity contribution is 9.10. The van der Waals surface area contributed by atoms with Gasteiger partial charge in [-0.3, -0.25) is 0 Å². The van der Waals surface area contributed by atoms with Crippen LogP contribution in [0.5, 0.6) is 0 Å². The predicted molar refractivity (Wildman–Crippen MR) is 70.3 cm³/mol. The van der Waals surface area contributed by atoms with Gasteiger partial charge >= 0.3 is 0 Å². The van der Waals surface area contributed by atoms with Gasteiger partial charge in [-0.2, -0.15) is 0 Å². The van der Waals surface area contributed by atoms with Gasteiger partial charge in [0.25, 0.3) is 0 Å². The van der Waals surface area contributed by atoms with Crippen molar-refractivity contribution in [1.82, 2.24) is 4.90 Å². The van der Waals surface area contributed by atoms with Crippen LogP contribution in [0.25, 0.3) is 0 Å². The smallest absolute Gasteiger partial charge is 0.139 e. The molecular formula is C11H17BrFN3. The van der Waals surface area contributed by atoms with E-state index < -0.39 is 0 Å². The number of rotatable bonds is 4. The molecule has 3 nitrogen and oxygen atoms in total. The van der Waals surface area contributed by atoms with E-state index in [2.05, 4.69) is 20.8 Å². The number of nitrogens with zero attached hydrogens (tertiary/aromatic N) is 2. The fourth-order valence-electron chi connectivity index (χ4n) is 1.35. The molecule has 0 aromatic heterocycles. The number of hydrogen-bond donors (Lipinski definition) is 1. The molecule has 16 heavy (non-hydrogen) atoms. The molecule has 0 atom stereocenters. The second-order valence-electron chi connectivity index (χ2n) is 4.05. The second-order valence-corrected chi connectivity index (χ2v) is 4.90. The number of nitrogens with two attached hydrogens (primary N) is 1. The number of hydrogen-bond acceptors (Lipinski definition) is 3. The van der Waals surface area contributed by atoms with Crippen LogP contribution < -0.4 is 10.6 Å². The lowest BCUT2D eigenvalue weighted by molar-refractivity contribution is 0.416. The van der Waals surface area contributed by atoms with Crippen LogP contribution in [0.15, 0.2) is 16.6 Å². The Morgan fingerprint density at radius 3 is 2.44 bits per heavy atom. The number of anilines is 2. The molecule has 0 amide bonds. The zero-order valence-corrected chi connectivity index (χ0v) is 11.4. The molecule has 0 aliphatic rings. The Morgan fingerprint density at radius 2 is 1.88 bits per heavy atom. The lowest BCUT2D eigenvalue weighted by atomic mass is 10.2. The van der Waals surface area contributed by atoms with Crippen molar-refractivity contribution in [1.29, 1.82) is 0 Å². The van der Waals surface area contributed by atoms with Gasteiger partial charge in [-0.25, -0.2) is 4.39 Å². The number of halogens is 2. The lowest BCUT2D eigenvalue weighted by Crippen LogP contribution is -2.29. The first-order valence-corrected chi connectivity index (χ1v) is 5.81. The molecule has 0 aliphatic carbocycles. The maximum Gasteiger partial charge on any atom is 0.139 e. The first kappa shape index (κ1) is 13.3. The molecule has 2 N–H and O–H groups in total. The lowest BCUT2D eigenvalue weighted by Gasteiger charge is -2.23. The summed E-state index contributed by atoms with van der Waals surface area (Å²) in [5.74, 6) is -0.291. The van der Waals surface area contributed by atoms with Crippen LogP contribution in [-0.4, -0.2) is 39.1 Å². The van der Waals surface area contributed by atoms with Gasteiger partial charge in [0.2, 0.25) is 0 Å². The number of benzene rings is 1. The Labute approximate surface area is 104 Å². The molecule has 0 bridgehead atoms. The molecule has 90 valence electrons. The third kappa shape index (κ3) is 3.35. The highest BCUT2D eigenvalue weighted by Crippen LogP contribution is 2.28. The SMILES string of the molecule is CN(C)CCN(C)c1cc(F)c(Br)cc1N. The molecule has 0 fully saturated rings. The summed E-state index contributed by atoms with van der Waals surface area (Å²) in [6, 6.07) is 3.05. The minimum absolute atomic E-state index is 0.291. The van der Waals surface area contributed by atoms with Crippen LogP contribution >= 0.6 is 15.9 Å². The first-order chi connectivity index (χ1) is 7.41. The van der Waals surface area contributed by atoms with E-state index in [0.29, 0.717) is 10.2 Å². The Bertz CT molecular complexity index is 368. The van der Waals surface area contributed by atoms with E-state index >= 15 is 0 Å². The third-order valence-electron chi connectivity index (χ3n) is 2.36. The summed E-state index contributed by atoms with van der Waals surface area (Å²) < 4.78 is 13.8. The van der Waals surface area contributed by atoms with Crippen molar-refractivity contribution >= 4 is 27.3 Å². The topological polar surface area (TPSA) is 32.5 Å². The molecule has 0 heterocycles. The Hall–Kier alpha value is -0.810. The summed E-state index contributed by atoms with van der Waals surface area (Å²) in [7, 11) is 5.90. The van der Waals surface area contributed by atoms with E-state index in [1.807, 2.05) is 26.0 Å². The molecule has 1 rings (SSSR count). The Morgan fingerprint density at radius 1 is 1.25 bits per heavy atom. The zero-order valence-electron chi connectivity index (χ0n) is 9.80. The van der Waals surface area contributed by atoms with Gasteiger partial charge in [-0.15, -0.1) is 0 Å². The summed E-state index contributed by atoms with van der Waals surface area (Å²) in [5, 5.41) is 0. The highest BCUT2D eigenvalue weighted by Gasteiger charge is 2.09. The van der Waals surface area contributed by atoms with E-state index in [1.165, 1.54) is 6.07 Å². The van der Waals surface area contributed by atoms with E-state index in [4.69, 9.17) is 5.73 Å². The molecule has 0 radical (unpaired) electrons. The van der Waals surface area contributed by atoms with Gasteiger partial charge in [0.1, 0.15) is 5.82 Å². The van der Waals surface area contributed by atoms with Crippen LogP contribution in [0, 0.1) is 5.82 Å². The van der Waals surface area contributed by atoms with Gasteiger partial charge in [-0.05, 0) is 36.1 Å². The van der Waals surface area contributed by atoms with Crippen LogP contribution in [0.2, 0.25) is 0 Å². The summed E-state index contributed by atoms with van der Waals surface area (Å²) in [6.45, 7) is 1.70. The number of likely N-dealkylation sites (N-methyl/N-ethyl adjacent to an activating group) is 2. The summed E-state index contributed by atoms with van der Waals surface area (Å²) in [5.41, 5.74) is 7.15. The molecule has 0 spiro atoms. The van der Waals surface area contributed by atoms with Crippen LogP contribution in [0.1, 0.15) is 0 Å². The maximum atomic E-state index is 13.4. The van der Waals surface area contributed by atoms with Crippen molar-refractivity contribution in [2.45, 2.75) is 0 Å². The van der Waals surface area contributed by atoms with Crippen molar-refractivity contribution in [2.24, 2.45) is 0 Å².